The molecule has 3 heterocycles. The van der Waals surface area contributed by atoms with Crippen LogP contribution < -0.4 is 0 Å². The van der Waals surface area contributed by atoms with E-state index < -0.39 is 11.7 Å². The van der Waals surface area contributed by atoms with Crippen molar-refractivity contribution in [1.82, 2.24) is 19.6 Å². The third kappa shape index (κ3) is 2.92. The zero-order chi connectivity index (χ0) is 18.3. The van der Waals surface area contributed by atoms with Gasteiger partial charge >= 0.3 is 6.18 Å². The van der Waals surface area contributed by atoms with Gasteiger partial charge in [-0.25, -0.2) is 9.50 Å². The average Bonchev–Trinajstić information content (AvgIpc) is 3.08. The van der Waals surface area contributed by atoms with E-state index in [2.05, 4.69) is 15.1 Å². The fraction of sp³-hybridized carbons (Fsp3) is 0.105. The van der Waals surface area contributed by atoms with Gasteiger partial charge in [-0.2, -0.15) is 18.3 Å². The van der Waals surface area contributed by atoms with Crippen LogP contribution in [0, 0.1) is 6.92 Å². The van der Waals surface area contributed by atoms with E-state index in [4.69, 9.17) is 0 Å². The lowest BCUT2D eigenvalue weighted by Gasteiger charge is -2.13. The molecule has 0 aliphatic heterocycles. The maximum Gasteiger partial charge on any atom is 0.416 e. The Balaban J connectivity index is 1.90. The number of benzene rings is 1. The molecule has 4 rings (SSSR count). The molecule has 0 saturated heterocycles. The predicted octanol–water partition coefficient (Wildman–Crippen LogP) is 4.79. The van der Waals surface area contributed by atoms with E-state index in [0.717, 1.165) is 28.8 Å². The maximum atomic E-state index is 13.1. The van der Waals surface area contributed by atoms with Crippen LogP contribution in [0.2, 0.25) is 0 Å². The summed E-state index contributed by atoms with van der Waals surface area (Å²) in [6, 6.07) is 10.8. The van der Waals surface area contributed by atoms with E-state index in [0.29, 0.717) is 16.9 Å². The smallest absolute Gasteiger partial charge is 0.255 e. The number of hydrogen-bond acceptors (Lipinski definition) is 3. The van der Waals surface area contributed by atoms with Crippen LogP contribution in [-0.4, -0.2) is 19.6 Å². The number of hydrogen-bond donors (Lipinski definition) is 0. The Kier molecular flexibility index (Phi) is 3.72. The number of nitrogens with zero attached hydrogens (tertiary/aromatic N) is 4. The van der Waals surface area contributed by atoms with Crippen molar-refractivity contribution in [3.8, 4) is 22.4 Å². The van der Waals surface area contributed by atoms with Gasteiger partial charge in [0.05, 0.1) is 11.3 Å². The molecule has 0 spiro atoms. The molecule has 4 nitrogen and oxygen atoms in total. The zero-order valence-electron chi connectivity index (χ0n) is 13.7. The molecular formula is C19H13F3N4. The molecule has 130 valence electrons. The quantitative estimate of drug-likeness (QED) is 0.520. The summed E-state index contributed by atoms with van der Waals surface area (Å²) in [5, 5.41) is 4.06. The third-order valence-corrected chi connectivity index (χ3v) is 4.08. The van der Waals surface area contributed by atoms with Gasteiger partial charge in [0.25, 0.3) is 0 Å². The first-order valence-corrected chi connectivity index (χ1v) is 7.86. The molecule has 0 unspecified atom stereocenters. The molecule has 26 heavy (non-hydrogen) atoms. The largest absolute Gasteiger partial charge is 0.416 e. The van der Waals surface area contributed by atoms with Crippen molar-refractivity contribution in [3.05, 3.63) is 72.3 Å². The molecule has 1 aromatic carbocycles. The second-order valence-electron chi connectivity index (χ2n) is 5.97. The van der Waals surface area contributed by atoms with E-state index >= 15 is 0 Å². The van der Waals surface area contributed by atoms with Crippen molar-refractivity contribution >= 4 is 5.65 Å². The summed E-state index contributed by atoms with van der Waals surface area (Å²) in [5.74, 6) is 0. The van der Waals surface area contributed by atoms with Crippen LogP contribution in [0.15, 0.2) is 61.2 Å². The Morgan fingerprint density at radius 1 is 0.962 bits per heavy atom. The molecule has 7 heteroatoms. The van der Waals surface area contributed by atoms with Crippen molar-refractivity contribution in [3.63, 3.8) is 0 Å². The standard InChI is InChI=1S/C19H13F3N4/c1-12-7-16(13-5-6-26-17(9-13)24-11-25-26)18(23-10-12)14-3-2-4-15(8-14)19(20,21)22/h2-11H,1H3. The van der Waals surface area contributed by atoms with Gasteiger partial charge < -0.3 is 0 Å². The van der Waals surface area contributed by atoms with Gasteiger partial charge in [-0.3, -0.25) is 4.98 Å². The first-order chi connectivity index (χ1) is 12.4. The Hall–Kier alpha value is -3.22. The van der Waals surface area contributed by atoms with Crippen molar-refractivity contribution in [2.45, 2.75) is 13.1 Å². The van der Waals surface area contributed by atoms with Gasteiger partial charge in [0.2, 0.25) is 0 Å². The summed E-state index contributed by atoms with van der Waals surface area (Å²) in [5.41, 5.74) is 3.33. The highest BCUT2D eigenvalue weighted by molar-refractivity contribution is 5.82. The van der Waals surface area contributed by atoms with E-state index in [1.54, 1.807) is 23.0 Å². The summed E-state index contributed by atoms with van der Waals surface area (Å²) in [6.45, 7) is 1.89. The molecule has 0 bridgehead atoms. The highest BCUT2D eigenvalue weighted by Gasteiger charge is 2.30. The summed E-state index contributed by atoms with van der Waals surface area (Å²) in [6.07, 6.45) is 0.452. The first kappa shape index (κ1) is 16.3. The molecule has 0 aliphatic rings. The molecular weight excluding hydrogens is 341 g/mol. The van der Waals surface area contributed by atoms with Gasteiger partial charge in [-0.05, 0) is 48.4 Å². The van der Waals surface area contributed by atoms with Gasteiger partial charge in [0.15, 0.2) is 5.65 Å². The topological polar surface area (TPSA) is 43.1 Å². The normalized spacial score (nSPS) is 11.8. The lowest BCUT2D eigenvalue weighted by Crippen LogP contribution is -2.04. The molecule has 0 radical (unpaired) electrons. The number of alkyl halides is 3. The number of rotatable bonds is 2. The molecule has 0 amide bonds. The minimum Gasteiger partial charge on any atom is -0.255 e. The van der Waals surface area contributed by atoms with Crippen molar-refractivity contribution in [1.29, 1.82) is 0 Å². The summed E-state index contributed by atoms with van der Waals surface area (Å²) < 4.78 is 40.8. The SMILES string of the molecule is Cc1cnc(-c2cccc(C(F)(F)F)c2)c(-c2ccn3ncnc3c2)c1. The Morgan fingerprint density at radius 3 is 2.62 bits per heavy atom. The van der Waals surface area contributed by atoms with Crippen LogP contribution in [0.1, 0.15) is 11.1 Å². The van der Waals surface area contributed by atoms with E-state index in [9.17, 15) is 13.2 Å². The highest BCUT2D eigenvalue weighted by Crippen LogP contribution is 2.35. The fourth-order valence-electron chi connectivity index (χ4n) is 2.84. The Morgan fingerprint density at radius 2 is 1.81 bits per heavy atom. The molecule has 0 fully saturated rings. The number of aryl methyl sites for hydroxylation is 1. The van der Waals surface area contributed by atoms with Crippen LogP contribution in [0.25, 0.3) is 28.0 Å². The van der Waals surface area contributed by atoms with Crippen LogP contribution >= 0.6 is 0 Å². The minimum absolute atomic E-state index is 0.413. The molecule has 0 saturated carbocycles. The first-order valence-electron chi connectivity index (χ1n) is 7.86. The van der Waals surface area contributed by atoms with Crippen LogP contribution in [0.4, 0.5) is 13.2 Å². The maximum absolute atomic E-state index is 13.1. The predicted molar refractivity (Wildman–Crippen MR) is 91.4 cm³/mol. The monoisotopic (exact) mass is 354 g/mol. The van der Waals surface area contributed by atoms with E-state index in [1.165, 1.54) is 12.4 Å². The van der Waals surface area contributed by atoms with Gasteiger partial charge in [-0.15, -0.1) is 0 Å². The number of fused-ring (bicyclic) bond motifs is 1. The molecule has 0 aliphatic carbocycles. The summed E-state index contributed by atoms with van der Waals surface area (Å²) >= 11 is 0. The number of halogens is 3. The zero-order valence-corrected chi connectivity index (χ0v) is 13.7. The summed E-state index contributed by atoms with van der Waals surface area (Å²) in [4.78, 5) is 8.56. The van der Waals surface area contributed by atoms with Crippen molar-refractivity contribution < 1.29 is 13.2 Å². The molecule has 0 N–H and O–H groups in total. The fourth-order valence-corrected chi connectivity index (χ4v) is 2.84. The Labute approximate surface area is 147 Å². The van der Waals surface area contributed by atoms with Crippen LogP contribution in [0.3, 0.4) is 0 Å². The lowest BCUT2D eigenvalue weighted by atomic mass is 9.97. The van der Waals surface area contributed by atoms with Crippen LogP contribution in [0.5, 0.6) is 0 Å². The average molecular weight is 354 g/mol. The van der Waals surface area contributed by atoms with E-state index in [1.807, 2.05) is 25.1 Å². The summed E-state index contributed by atoms with van der Waals surface area (Å²) in [7, 11) is 0. The second kappa shape index (κ2) is 5.94. The van der Waals surface area contributed by atoms with Gasteiger partial charge in [0, 0.05) is 23.5 Å². The van der Waals surface area contributed by atoms with Gasteiger partial charge in [0.1, 0.15) is 6.33 Å². The number of aromatic nitrogens is 4. The Bertz CT molecular complexity index is 1100. The highest BCUT2D eigenvalue weighted by atomic mass is 19.4. The lowest BCUT2D eigenvalue weighted by molar-refractivity contribution is -0.137. The molecule has 0 atom stereocenters. The number of pyridine rings is 2. The third-order valence-electron chi connectivity index (χ3n) is 4.08. The van der Waals surface area contributed by atoms with Crippen molar-refractivity contribution in [2.75, 3.05) is 0 Å². The van der Waals surface area contributed by atoms with E-state index in [-0.39, 0.29) is 0 Å². The van der Waals surface area contributed by atoms with Crippen molar-refractivity contribution in [2.24, 2.45) is 0 Å². The minimum atomic E-state index is -4.40. The molecule has 3 aromatic heterocycles. The second-order valence-corrected chi connectivity index (χ2v) is 5.97. The van der Waals surface area contributed by atoms with Crippen LogP contribution in [-0.2, 0) is 6.18 Å². The van der Waals surface area contributed by atoms with Gasteiger partial charge in [-0.1, -0.05) is 12.1 Å². The molecule has 4 aromatic rings.